The quantitative estimate of drug-likeness (QED) is 0.351. The molecule has 0 saturated heterocycles. The third-order valence-electron chi connectivity index (χ3n) is 4.93. The maximum atomic E-state index is 13.6. The first-order chi connectivity index (χ1) is 14.0. The maximum Gasteiger partial charge on any atom is 0.269 e. The van der Waals surface area contributed by atoms with Gasteiger partial charge in [0.15, 0.2) is 0 Å². The maximum absolute atomic E-state index is 13.6. The Morgan fingerprint density at radius 3 is 1.59 bits per heavy atom. The van der Waals surface area contributed by atoms with Crippen molar-refractivity contribution in [2.45, 2.75) is 17.0 Å². The molecular formula is C22H18N2O4S. The van der Waals surface area contributed by atoms with Gasteiger partial charge in [-0.1, -0.05) is 72.8 Å². The molecule has 0 radical (unpaired) electrons. The molecule has 0 saturated carbocycles. The molecule has 4 rings (SSSR count). The molecule has 0 spiro atoms. The van der Waals surface area contributed by atoms with Crippen LogP contribution in [-0.4, -0.2) is 17.6 Å². The van der Waals surface area contributed by atoms with Crippen LogP contribution in [0.5, 0.6) is 0 Å². The molecule has 0 unspecified atom stereocenters. The van der Waals surface area contributed by atoms with Gasteiger partial charge in [0.05, 0.1) is 21.9 Å². The van der Waals surface area contributed by atoms with Gasteiger partial charge in [0.25, 0.3) is 5.69 Å². The molecule has 29 heavy (non-hydrogen) atoms. The van der Waals surface area contributed by atoms with Gasteiger partial charge in [-0.3, -0.25) is 10.1 Å². The van der Waals surface area contributed by atoms with Gasteiger partial charge >= 0.3 is 0 Å². The number of non-ortho nitro benzene ring substituents is 1. The van der Waals surface area contributed by atoms with Crippen LogP contribution in [0.2, 0.25) is 0 Å². The van der Waals surface area contributed by atoms with Gasteiger partial charge in [-0.2, -0.15) is 4.31 Å². The molecule has 0 N–H and O–H groups in total. The SMILES string of the molecule is O=[N+]([O-])c1ccc(S(=O)(=O)N2[C@@H](c3ccccc3)C=C[C@H]2c2ccccc2)cc1. The van der Waals surface area contributed by atoms with Gasteiger partial charge < -0.3 is 0 Å². The van der Waals surface area contributed by atoms with Crippen LogP contribution >= 0.6 is 0 Å². The van der Waals surface area contributed by atoms with Gasteiger partial charge in [-0.25, -0.2) is 8.42 Å². The lowest BCUT2D eigenvalue weighted by atomic mass is 10.1. The molecule has 1 aliphatic rings. The number of sulfonamides is 1. The first-order valence-corrected chi connectivity index (χ1v) is 10.5. The summed E-state index contributed by atoms with van der Waals surface area (Å²) < 4.78 is 28.7. The Hall–Kier alpha value is -3.29. The lowest BCUT2D eigenvalue weighted by Gasteiger charge is -2.30. The molecule has 0 bridgehead atoms. The van der Waals surface area contributed by atoms with Crippen molar-refractivity contribution in [3.8, 4) is 0 Å². The fourth-order valence-electron chi connectivity index (χ4n) is 3.53. The predicted molar refractivity (Wildman–Crippen MR) is 110 cm³/mol. The van der Waals surface area contributed by atoms with Gasteiger partial charge in [0.1, 0.15) is 0 Å². The average molecular weight is 406 g/mol. The highest BCUT2D eigenvalue weighted by Gasteiger charge is 2.40. The lowest BCUT2D eigenvalue weighted by molar-refractivity contribution is -0.384. The predicted octanol–water partition coefficient (Wildman–Crippen LogP) is 4.64. The van der Waals surface area contributed by atoms with Gasteiger partial charge in [0.2, 0.25) is 10.0 Å². The summed E-state index contributed by atoms with van der Waals surface area (Å²) in [5, 5.41) is 10.9. The zero-order chi connectivity index (χ0) is 20.4. The van der Waals surface area contributed by atoms with Crippen molar-refractivity contribution in [3.63, 3.8) is 0 Å². The smallest absolute Gasteiger partial charge is 0.258 e. The molecule has 2 atom stereocenters. The highest BCUT2D eigenvalue weighted by molar-refractivity contribution is 7.89. The minimum atomic E-state index is -3.93. The van der Waals surface area contributed by atoms with E-state index in [9.17, 15) is 18.5 Å². The summed E-state index contributed by atoms with van der Waals surface area (Å²) >= 11 is 0. The summed E-state index contributed by atoms with van der Waals surface area (Å²) in [6.45, 7) is 0. The van der Waals surface area contributed by atoms with E-state index in [1.54, 1.807) is 0 Å². The van der Waals surface area contributed by atoms with E-state index in [4.69, 9.17) is 0 Å². The number of hydrogen-bond acceptors (Lipinski definition) is 4. The molecule has 3 aromatic rings. The Morgan fingerprint density at radius 2 is 1.17 bits per heavy atom. The number of hydrogen-bond donors (Lipinski definition) is 0. The Balaban J connectivity index is 1.81. The highest BCUT2D eigenvalue weighted by atomic mass is 32.2. The summed E-state index contributed by atoms with van der Waals surface area (Å²) in [6.07, 6.45) is 3.77. The van der Waals surface area contributed by atoms with Crippen molar-refractivity contribution < 1.29 is 13.3 Å². The molecule has 0 amide bonds. The Labute approximate surface area is 168 Å². The third-order valence-corrected chi connectivity index (χ3v) is 6.81. The fourth-order valence-corrected chi connectivity index (χ4v) is 5.24. The average Bonchev–Trinajstić information content (AvgIpc) is 3.21. The number of benzene rings is 3. The van der Waals surface area contributed by atoms with Crippen molar-refractivity contribution in [1.82, 2.24) is 4.31 Å². The number of nitro groups is 1. The van der Waals surface area contributed by atoms with Crippen LogP contribution in [0.4, 0.5) is 5.69 Å². The summed E-state index contributed by atoms with van der Waals surface area (Å²) in [7, 11) is -3.93. The van der Waals surface area contributed by atoms with Crippen LogP contribution in [0.15, 0.2) is 102 Å². The van der Waals surface area contributed by atoms with Crippen molar-refractivity contribution in [2.75, 3.05) is 0 Å². The minimum Gasteiger partial charge on any atom is -0.258 e. The van der Waals surface area contributed by atoms with E-state index in [-0.39, 0.29) is 10.6 Å². The Morgan fingerprint density at radius 1 is 0.724 bits per heavy atom. The molecule has 7 heteroatoms. The van der Waals surface area contributed by atoms with Crippen LogP contribution in [0.1, 0.15) is 23.2 Å². The summed E-state index contributed by atoms with van der Waals surface area (Å²) in [5.41, 5.74) is 1.56. The second-order valence-corrected chi connectivity index (χ2v) is 8.53. The van der Waals surface area contributed by atoms with Gasteiger partial charge in [-0.15, -0.1) is 0 Å². The number of nitro benzene ring substituents is 1. The molecule has 0 fully saturated rings. The monoisotopic (exact) mass is 406 g/mol. The minimum absolute atomic E-state index is 0.0219. The van der Waals surface area contributed by atoms with E-state index in [2.05, 4.69) is 0 Å². The molecule has 146 valence electrons. The van der Waals surface area contributed by atoms with Crippen molar-refractivity contribution in [1.29, 1.82) is 0 Å². The Bertz CT molecular complexity index is 1090. The van der Waals surface area contributed by atoms with Crippen LogP contribution in [0.25, 0.3) is 0 Å². The normalized spacial score (nSPS) is 19.3. The summed E-state index contributed by atoms with van der Waals surface area (Å²) in [4.78, 5) is 10.4. The van der Waals surface area contributed by atoms with Crippen molar-refractivity contribution >= 4 is 15.7 Å². The molecule has 1 aliphatic heterocycles. The topological polar surface area (TPSA) is 80.5 Å². The number of rotatable bonds is 5. The van der Waals surface area contributed by atoms with E-state index in [1.807, 2.05) is 72.8 Å². The zero-order valence-electron chi connectivity index (χ0n) is 15.3. The first kappa shape index (κ1) is 19.0. The molecule has 0 aromatic heterocycles. The van der Waals surface area contributed by atoms with E-state index >= 15 is 0 Å². The molecule has 0 aliphatic carbocycles. The van der Waals surface area contributed by atoms with Gasteiger partial charge in [-0.05, 0) is 23.3 Å². The molecule has 3 aromatic carbocycles. The Kier molecular flexibility index (Phi) is 5.00. The van der Waals surface area contributed by atoms with E-state index in [0.29, 0.717) is 0 Å². The van der Waals surface area contributed by atoms with E-state index in [0.717, 1.165) is 11.1 Å². The summed E-state index contributed by atoms with van der Waals surface area (Å²) in [6, 6.07) is 22.9. The van der Waals surface area contributed by atoms with Gasteiger partial charge in [0, 0.05) is 12.1 Å². The largest absolute Gasteiger partial charge is 0.269 e. The van der Waals surface area contributed by atoms with Crippen LogP contribution in [-0.2, 0) is 10.0 Å². The van der Waals surface area contributed by atoms with Crippen LogP contribution in [0.3, 0.4) is 0 Å². The third kappa shape index (κ3) is 3.57. The van der Waals surface area contributed by atoms with E-state index in [1.165, 1.54) is 28.6 Å². The molecule has 1 heterocycles. The van der Waals surface area contributed by atoms with E-state index < -0.39 is 27.0 Å². The van der Waals surface area contributed by atoms with Crippen LogP contribution in [0, 0.1) is 10.1 Å². The fraction of sp³-hybridized carbons (Fsp3) is 0.0909. The highest BCUT2D eigenvalue weighted by Crippen LogP contribution is 2.42. The second kappa shape index (κ2) is 7.62. The summed E-state index contributed by atoms with van der Waals surface area (Å²) in [5.74, 6) is 0. The van der Waals surface area contributed by atoms with Crippen LogP contribution < -0.4 is 0 Å². The standard InChI is InChI=1S/C22H18N2O4S/c25-24(26)19-11-13-20(14-12-19)29(27,28)23-21(17-7-3-1-4-8-17)15-16-22(23)18-9-5-2-6-10-18/h1-16,21-22H/t21-,22+. The number of nitrogens with zero attached hydrogens (tertiary/aromatic N) is 2. The second-order valence-electron chi connectivity index (χ2n) is 6.68. The molecular weight excluding hydrogens is 388 g/mol. The van der Waals surface area contributed by atoms with Crippen molar-refractivity contribution in [3.05, 3.63) is 118 Å². The van der Waals surface area contributed by atoms with Crippen molar-refractivity contribution in [2.24, 2.45) is 0 Å². The first-order valence-electron chi connectivity index (χ1n) is 9.05. The lowest BCUT2D eigenvalue weighted by Crippen LogP contribution is -2.33. The molecule has 6 nitrogen and oxygen atoms in total. The zero-order valence-corrected chi connectivity index (χ0v) is 16.1.